The van der Waals surface area contributed by atoms with Crippen LogP contribution in [0.1, 0.15) is 12.8 Å². The van der Waals surface area contributed by atoms with Crippen LogP contribution in [0.4, 0.5) is 0 Å². The fourth-order valence-electron chi connectivity index (χ4n) is 2.22. The van der Waals surface area contributed by atoms with Gasteiger partial charge in [-0.1, -0.05) is 0 Å². The Morgan fingerprint density at radius 2 is 2.27 bits per heavy atom. The molecule has 2 unspecified atom stereocenters. The summed E-state index contributed by atoms with van der Waals surface area (Å²) in [5, 5.41) is 5.92. The third kappa shape index (κ3) is 2.12. The van der Waals surface area contributed by atoms with Crippen molar-refractivity contribution in [1.29, 1.82) is 0 Å². The standard InChI is InChI=1S/C10H17N3O2/c1-13(8-2-3-11-6-8)10(15)7-4-9(14)12-5-7/h7-8,11H,2-6H2,1H3,(H,12,14). The Labute approximate surface area is 89.2 Å². The van der Waals surface area contributed by atoms with Crippen molar-refractivity contribution in [3.05, 3.63) is 0 Å². The van der Waals surface area contributed by atoms with E-state index in [0.29, 0.717) is 19.0 Å². The van der Waals surface area contributed by atoms with E-state index in [1.807, 2.05) is 7.05 Å². The highest BCUT2D eigenvalue weighted by Crippen LogP contribution is 2.15. The SMILES string of the molecule is CN(C(=O)C1CNC(=O)C1)C1CCNC1. The normalized spacial score (nSPS) is 30.3. The fraction of sp³-hybridized carbons (Fsp3) is 0.800. The van der Waals surface area contributed by atoms with E-state index in [1.165, 1.54) is 0 Å². The van der Waals surface area contributed by atoms with Crippen molar-refractivity contribution < 1.29 is 9.59 Å². The van der Waals surface area contributed by atoms with Crippen molar-refractivity contribution >= 4 is 11.8 Å². The monoisotopic (exact) mass is 211 g/mol. The Balaban J connectivity index is 1.91. The summed E-state index contributed by atoms with van der Waals surface area (Å²) in [6.07, 6.45) is 1.36. The molecule has 15 heavy (non-hydrogen) atoms. The maximum atomic E-state index is 12.0. The summed E-state index contributed by atoms with van der Waals surface area (Å²) in [6.45, 7) is 2.35. The van der Waals surface area contributed by atoms with Crippen LogP contribution in [0.25, 0.3) is 0 Å². The lowest BCUT2D eigenvalue weighted by Crippen LogP contribution is -2.42. The van der Waals surface area contributed by atoms with Crippen LogP contribution < -0.4 is 10.6 Å². The van der Waals surface area contributed by atoms with Crippen LogP contribution in [-0.2, 0) is 9.59 Å². The van der Waals surface area contributed by atoms with Gasteiger partial charge < -0.3 is 15.5 Å². The predicted octanol–water partition coefficient (Wildman–Crippen LogP) is -1.06. The molecule has 2 N–H and O–H groups in total. The maximum absolute atomic E-state index is 12.0. The zero-order chi connectivity index (χ0) is 10.8. The van der Waals surface area contributed by atoms with Crippen LogP contribution in [0.2, 0.25) is 0 Å². The van der Waals surface area contributed by atoms with E-state index in [4.69, 9.17) is 0 Å². The van der Waals surface area contributed by atoms with Crippen LogP contribution in [0.5, 0.6) is 0 Å². The zero-order valence-corrected chi connectivity index (χ0v) is 8.95. The first kappa shape index (κ1) is 10.4. The van der Waals surface area contributed by atoms with Crippen molar-refractivity contribution in [2.75, 3.05) is 26.7 Å². The smallest absolute Gasteiger partial charge is 0.228 e. The molecule has 0 aromatic rings. The van der Waals surface area contributed by atoms with Gasteiger partial charge in [-0.25, -0.2) is 0 Å². The molecule has 0 aliphatic carbocycles. The number of hydrogen-bond acceptors (Lipinski definition) is 3. The zero-order valence-electron chi connectivity index (χ0n) is 8.95. The molecule has 5 nitrogen and oxygen atoms in total. The Hall–Kier alpha value is -1.10. The number of nitrogens with one attached hydrogen (secondary N) is 2. The predicted molar refractivity (Wildman–Crippen MR) is 55.2 cm³/mol. The van der Waals surface area contributed by atoms with Crippen molar-refractivity contribution in [3.8, 4) is 0 Å². The first-order valence-corrected chi connectivity index (χ1v) is 5.42. The first-order valence-electron chi connectivity index (χ1n) is 5.42. The molecule has 2 rings (SSSR count). The number of amides is 2. The second-order valence-electron chi connectivity index (χ2n) is 4.30. The van der Waals surface area contributed by atoms with E-state index in [2.05, 4.69) is 10.6 Å². The molecular formula is C10H17N3O2. The molecular weight excluding hydrogens is 194 g/mol. The lowest BCUT2D eigenvalue weighted by molar-refractivity contribution is -0.136. The van der Waals surface area contributed by atoms with Crippen LogP contribution in [-0.4, -0.2) is 49.4 Å². The Morgan fingerprint density at radius 3 is 2.80 bits per heavy atom. The molecule has 2 aliphatic rings. The maximum Gasteiger partial charge on any atom is 0.228 e. The minimum absolute atomic E-state index is 0.00806. The Kier molecular flexibility index (Phi) is 2.90. The van der Waals surface area contributed by atoms with E-state index in [0.717, 1.165) is 19.5 Å². The average molecular weight is 211 g/mol. The molecule has 5 heteroatoms. The van der Waals surface area contributed by atoms with E-state index in [1.54, 1.807) is 4.90 Å². The molecule has 2 amide bonds. The van der Waals surface area contributed by atoms with Gasteiger partial charge in [-0.3, -0.25) is 9.59 Å². The van der Waals surface area contributed by atoms with Crippen LogP contribution >= 0.6 is 0 Å². The van der Waals surface area contributed by atoms with Crippen molar-refractivity contribution in [3.63, 3.8) is 0 Å². The van der Waals surface area contributed by atoms with E-state index in [9.17, 15) is 9.59 Å². The highest BCUT2D eigenvalue weighted by atomic mass is 16.2. The van der Waals surface area contributed by atoms with Gasteiger partial charge in [-0.2, -0.15) is 0 Å². The van der Waals surface area contributed by atoms with Crippen LogP contribution in [0, 0.1) is 5.92 Å². The number of carbonyl (C=O) groups excluding carboxylic acids is 2. The first-order chi connectivity index (χ1) is 7.18. The molecule has 0 saturated carbocycles. The fourth-order valence-corrected chi connectivity index (χ4v) is 2.22. The molecule has 2 fully saturated rings. The van der Waals surface area contributed by atoms with Gasteiger partial charge in [0.1, 0.15) is 0 Å². The van der Waals surface area contributed by atoms with Crippen LogP contribution in [0.15, 0.2) is 0 Å². The Morgan fingerprint density at radius 1 is 1.47 bits per heavy atom. The molecule has 2 saturated heterocycles. The molecule has 0 aromatic carbocycles. The van der Waals surface area contributed by atoms with Gasteiger partial charge >= 0.3 is 0 Å². The van der Waals surface area contributed by atoms with E-state index in [-0.39, 0.29) is 17.7 Å². The van der Waals surface area contributed by atoms with Gasteiger partial charge in [0.2, 0.25) is 11.8 Å². The van der Waals surface area contributed by atoms with Crippen LogP contribution in [0.3, 0.4) is 0 Å². The van der Waals surface area contributed by atoms with Crippen molar-refractivity contribution in [2.45, 2.75) is 18.9 Å². The summed E-state index contributed by atoms with van der Waals surface area (Å²) < 4.78 is 0. The number of likely N-dealkylation sites (N-methyl/N-ethyl adjacent to an activating group) is 1. The summed E-state index contributed by atoms with van der Waals surface area (Å²) in [6, 6.07) is 0.299. The number of nitrogens with zero attached hydrogens (tertiary/aromatic N) is 1. The Bertz CT molecular complexity index is 274. The summed E-state index contributed by atoms with van der Waals surface area (Å²) in [5.41, 5.74) is 0. The van der Waals surface area contributed by atoms with Gasteiger partial charge in [0.25, 0.3) is 0 Å². The van der Waals surface area contributed by atoms with Gasteiger partial charge in [-0.05, 0) is 13.0 Å². The number of carbonyl (C=O) groups is 2. The highest BCUT2D eigenvalue weighted by Gasteiger charge is 2.33. The highest BCUT2D eigenvalue weighted by molar-refractivity contribution is 5.89. The molecule has 2 atom stereocenters. The molecule has 2 heterocycles. The lowest BCUT2D eigenvalue weighted by atomic mass is 10.1. The molecule has 0 aromatic heterocycles. The quantitative estimate of drug-likeness (QED) is 0.612. The molecule has 0 radical (unpaired) electrons. The molecule has 0 bridgehead atoms. The largest absolute Gasteiger partial charge is 0.355 e. The summed E-state index contributed by atoms with van der Waals surface area (Å²) >= 11 is 0. The van der Waals surface area contributed by atoms with Crippen molar-refractivity contribution in [1.82, 2.24) is 15.5 Å². The lowest BCUT2D eigenvalue weighted by Gasteiger charge is -2.26. The van der Waals surface area contributed by atoms with Gasteiger partial charge in [-0.15, -0.1) is 0 Å². The third-order valence-corrected chi connectivity index (χ3v) is 3.26. The molecule has 84 valence electrons. The number of rotatable bonds is 2. The third-order valence-electron chi connectivity index (χ3n) is 3.26. The van der Waals surface area contributed by atoms with Gasteiger partial charge in [0.15, 0.2) is 0 Å². The van der Waals surface area contributed by atoms with Gasteiger partial charge in [0, 0.05) is 32.6 Å². The second kappa shape index (κ2) is 4.18. The van der Waals surface area contributed by atoms with Crippen molar-refractivity contribution in [2.24, 2.45) is 5.92 Å². The van der Waals surface area contributed by atoms with Gasteiger partial charge in [0.05, 0.1) is 5.92 Å². The van der Waals surface area contributed by atoms with E-state index < -0.39 is 0 Å². The minimum atomic E-state index is -0.150. The average Bonchev–Trinajstić information content (AvgIpc) is 2.85. The summed E-state index contributed by atoms with van der Waals surface area (Å²) in [5.74, 6) is -0.0588. The topological polar surface area (TPSA) is 61.4 Å². The molecule has 0 spiro atoms. The summed E-state index contributed by atoms with van der Waals surface area (Å²) in [7, 11) is 1.84. The molecule has 2 aliphatic heterocycles. The van der Waals surface area contributed by atoms with E-state index >= 15 is 0 Å². The number of hydrogen-bond donors (Lipinski definition) is 2. The second-order valence-corrected chi connectivity index (χ2v) is 4.30. The minimum Gasteiger partial charge on any atom is -0.355 e. The summed E-state index contributed by atoms with van der Waals surface area (Å²) in [4.78, 5) is 24.8.